The molecule has 0 aliphatic heterocycles. The van der Waals surface area contributed by atoms with Gasteiger partial charge in [-0.3, -0.25) is 0 Å². The summed E-state index contributed by atoms with van der Waals surface area (Å²) in [6, 6.07) is 16.2. The van der Waals surface area contributed by atoms with Crippen LogP contribution in [0.3, 0.4) is 0 Å². The number of nitrogens with zero attached hydrogens (tertiary/aromatic N) is 2. The van der Waals surface area contributed by atoms with Crippen molar-refractivity contribution in [3.63, 3.8) is 0 Å². The molecule has 1 atom stereocenters. The molecule has 3 aromatic rings. The summed E-state index contributed by atoms with van der Waals surface area (Å²) in [7, 11) is 0. The van der Waals surface area contributed by atoms with Gasteiger partial charge in [-0.1, -0.05) is 61.2 Å². The average molecular weight is 411 g/mol. The molecule has 0 unspecified atom stereocenters. The van der Waals surface area contributed by atoms with Crippen LogP contribution in [0.4, 0.5) is 4.79 Å². The quantitative estimate of drug-likeness (QED) is 0.612. The monoisotopic (exact) mass is 410 g/mol. The summed E-state index contributed by atoms with van der Waals surface area (Å²) in [6.45, 7) is 0. The Morgan fingerprint density at radius 2 is 1.72 bits per heavy atom. The maximum Gasteiger partial charge on any atom is 0.315 e. The smallest absolute Gasteiger partial charge is 0.315 e. The molecule has 2 N–H and O–H groups in total. The summed E-state index contributed by atoms with van der Waals surface area (Å²) in [6.07, 6.45) is 5.58. The number of hydrogen-bond acceptors (Lipinski definition) is 4. The van der Waals surface area contributed by atoms with Crippen LogP contribution in [0, 0.1) is 0 Å². The van der Waals surface area contributed by atoms with Crippen molar-refractivity contribution in [2.75, 3.05) is 0 Å². The molecule has 1 aliphatic carbocycles. The van der Waals surface area contributed by atoms with Crippen LogP contribution >= 0.6 is 11.6 Å². The third kappa shape index (κ3) is 4.95. The lowest BCUT2D eigenvalue weighted by Gasteiger charge is -2.24. The van der Waals surface area contributed by atoms with E-state index in [0.717, 1.165) is 36.8 Å². The van der Waals surface area contributed by atoms with Crippen molar-refractivity contribution in [3.05, 3.63) is 71.1 Å². The zero-order chi connectivity index (χ0) is 20.1. The van der Waals surface area contributed by atoms with E-state index in [1.165, 1.54) is 6.42 Å². The van der Waals surface area contributed by atoms with Gasteiger partial charge in [0.1, 0.15) is 6.04 Å². The lowest BCUT2D eigenvalue weighted by molar-refractivity contribution is 0.228. The maximum atomic E-state index is 12.7. The molecule has 1 fully saturated rings. The fourth-order valence-corrected chi connectivity index (χ4v) is 3.72. The zero-order valence-electron chi connectivity index (χ0n) is 16.0. The molecule has 0 saturated heterocycles. The van der Waals surface area contributed by atoms with E-state index in [2.05, 4.69) is 20.8 Å². The van der Waals surface area contributed by atoms with Gasteiger partial charge in [-0.05, 0) is 42.7 Å². The first-order chi connectivity index (χ1) is 14.2. The molecule has 1 aromatic heterocycles. The fraction of sp³-hybridized carbons (Fsp3) is 0.318. The largest absolute Gasteiger partial charge is 0.418 e. The Bertz CT molecular complexity index is 937. The Morgan fingerprint density at radius 3 is 2.45 bits per heavy atom. The number of hydrogen-bond donors (Lipinski definition) is 2. The van der Waals surface area contributed by atoms with Gasteiger partial charge in [0, 0.05) is 16.6 Å². The lowest BCUT2D eigenvalue weighted by atomic mass is 9.96. The molecule has 6 nitrogen and oxygen atoms in total. The van der Waals surface area contributed by atoms with Gasteiger partial charge in [-0.15, -0.1) is 10.2 Å². The van der Waals surface area contributed by atoms with Crippen LogP contribution in [0.5, 0.6) is 0 Å². The third-order valence-electron chi connectivity index (χ3n) is 5.13. The number of carbonyl (C=O) groups excluding carboxylic acids is 1. The van der Waals surface area contributed by atoms with Crippen LogP contribution in [-0.4, -0.2) is 22.3 Å². The fourth-order valence-electron chi connectivity index (χ4n) is 3.60. The summed E-state index contributed by atoms with van der Waals surface area (Å²) in [5.41, 5.74) is 1.64. The Kier molecular flexibility index (Phi) is 6.10. The minimum atomic E-state index is -0.534. The van der Waals surface area contributed by atoms with Crippen LogP contribution in [0.15, 0.2) is 59.0 Å². The second kappa shape index (κ2) is 9.09. The van der Waals surface area contributed by atoms with Crippen molar-refractivity contribution in [2.24, 2.45) is 0 Å². The number of aromatic nitrogens is 2. The van der Waals surface area contributed by atoms with Gasteiger partial charge in [0.05, 0.1) is 0 Å². The molecular formula is C22H23ClN4O2. The Balaban J connectivity index is 1.54. The summed E-state index contributed by atoms with van der Waals surface area (Å²) in [5, 5.41) is 15.1. The van der Waals surface area contributed by atoms with E-state index >= 15 is 0 Å². The number of urea groups is 1. The highest BCUT2D eigenvalue weighted by atomic mass is 35.5. The topological polar surface area (TPSA) is 80.0 Å². The van der Waals surface area contributed by atoms with Crippen LogP contribution < -0.4 is 10.6 Å². The SMILES string of the molecule is O=C(NC1CCCCC1)N[C@@H](c1ccccc1)c1nnc(-c2ccc(Cl)cc2)o1. The molecule has 1 aliphatic rings. The van der Waals surface area contributed by atoms with Gasteiger partial charge in [0.25, 0.3) is 0 Å². The molecule has 0 radical (unpaired) electrons. The van der Waals surface area contributed by atoms with Crippen LogP contribution in [0.1, 0.15) is 49.6 Å². The van der Waals surface area contributed by atoms with Gasteiger partial charge in [-0.25, -0.2) is 4.79 Å². The minimum Gasteiger partial charge on any atom is -0.418 e. The number of carbonyl (C=O) groups is 1. The first-order valence-corrected chi connectivity index (χ1v) is 10.3. The minimum absolute atomic E-state index is 0.215. The summed E-state index contributed by atoms with van der Waals surface area (Å²) in [4.78, 5) is 12.7. The van der Waals surface area contributed by atoms with Gasteiger partial charge in [-0.2, -0.15) is 0 Å². The lowest BCUT2D eigenvalue weighted by Crippen LogP contribution is -2.44. The van der Waals surface area contributed by atoms with E-state index < -0.39 is 6.04 Å². The highest BCUT2D eigenvalue weighted by Crippen LogP contribution is 2.26. The normalized spacial score (nSPS) is 15.6. The predicted octanol–water partition coefficient (Wildman–Crippen LogP) is 5.11. The van der Waals surface area contributed by atoms with Crippen LogP contribution in [0.25, 0.3) is 11.5 Å². The van der Waals surface area contributed by atoms with Gasteiger partial charge >= 0.3 is 6.03 Å². The van der Waals surface area contributed by atoms with Crippen molar-refractivity contribution in [1.29, 1.82) is 0 Å². The number of amides is 2. The molecule has 150 valence electrons. The zero-order valence-corrected chi connectivity index (χ0v) is 16.7. The summed E-state index contributed by atoms with van der Waals surface area (Å²) < 4.78 is 5.91. The van der Waals surface area contributed by atoms with Crippen molar-refractivity contribution in [2.45, 2.75) is 44.2 Å². The molecule has 4 rings (SSSR count). The van der Waals surface area contributed by atoms with Crippen LogP contribution in [-0.2, 0) is 0 Å². The molecule has 0 spiro atoms. The Hall–Kier alpha value is -2.86. The van der Waals surface area contributed by atoms with Crippen molar-refractivity contribution in [3.8, 4) is 11.5 Å². The Labute approximate surface area is 174 Å². The first-order valence-electron chi connectivity index (χ1n) is 9.90. The average Bonchev–Trinajstić information content (AvgIpc) is 3.24. The van der Waals surface area contributed by atoms with Crippen molar-refractivity contribution >= 4 is 17.6 Å². The van der Waals surface area contributed by atoms with E-state index in [1.807, 2.05) is 42.5 Å². The van der Waals surface area contributed by atoms with Gasteiger partial charge in [0.15, 0.2) is 0 Å². The third-order valence-corrected chi connectivity index (χ3v) is 5.38. The molecule has 29 heavy (non-hydrogen) atoms. The van der Waals surface area contributed by atoms with E-state index in [1.54, 1.807) is 12.1 Å². The highest BCUT2D eigenvalue weighted by molar-refractivity contribution is 6.30. The molecule has 1 saturated carbocycles. The van der Waals surface area contributed by atoms with Gasteiger partial charge in [0.2, 0.25) is 11.8 Å². The van der Waals surface area contributed by atoms with E-state index in [4.69, 9.17) is 16.0 Å². The summed E-state index contributed by atoms with van der Waals surface area (Å²) >= 11 is 5.95. The standard InChI is InChI=1S/C22H23ClN4O2/c23-17-13-11-16(12-14-17)20-26-27-21(29-20)19(15-7-3-1-4-8-15)25-22(28)24-18-9-5-2-6-10-18/h1,3-4,7-8,11-14,18-19H,2,5-6,9-10H2,(H2,24,25,28)/t19-/m0/s1. The van der Waals surface area contributed by atoms with Crippen molar-refractivity contribution < 1.29 is 9.21 Å². The van der Waals surface area contributed by atoms with Gasteiger partial charge < -0.3 is 15.1 Å². The molecule has 2 aromatic carbocycles. The Morgan fingerprint density at radius 1 is 1.00 bits per heavy atom. The van der Waals surface area contributed by atoms with E-state index in [9.17, 15) is 4.79 Å². The predicted molar refractivity (Wildman–Crippen MR) is 112 cm³/mol. The highest BCUT2D eigenvalue weighted by Gasteiger charge is 2.25. The summed E-state index contributed by atoms with van der Waals surface area (Å²) in [5.74, 6) is 0.715. The molecule has 0 bridgehead atoms. The van der Waals surface area contributed by atoms with Crippen LogP contribution in [0.2, 0.25) is 5.02 Å². The molecule has 7 heteroatoms. The van der Waals surface area contributed by atoms with E-state index in [-0.39, 0.29) is 12.1 Å². The van der Waals surface area contributed by atoms with E-state index in [0.29, 0.717) is 16.8 Å². The number of benzene rings is 2. The van der Waals surface area contributed by atoms with Crippen molar-refractivity contribution in [1.82, 2.24) is 20.8 Å². The second-order valence-corrected chi connectivity index (χ2v) is 7.69. The molecular weight excluding hydrogens is 388 g/mol. The molecule has 2 amide bonds. The molecule has 1 heterocycles. The number of nitrogens with one attached hydrogen (secondary N) is 2. The number of halogens is 1. The first kappa shape index (κ1) is 19.5. The maximum absolute atomic E-state index is 12.7. The number of rotatable bonds is 5. The second-order valence-electron chi connectivity index (χ2n) is 7.25.